The van der Waals surface area contributed by atoms with Gasteiger partial charge >= 0.3 is 5.97 Å². The number of fused-ring (bicyclic) bond motifs is 1. The van der Waals surface area contributed by atoms with Gasteiger partial charge in [0, 0.05) is 0 Å². The van der Waals surface area contributed by atoms with Gasteiger partial charge in [0.15, 0.2) is 6.04 Å². The Morgan fingerprint density at radius 1 is 1.40 bits per heavy atom. The predicted octanol–water partition coefficient (Wildman–Crippen LogP) is -1.17. The average Bonchev–Trinajstić information content (AvgIpc) is 2.84. The highest BCUT2D eigenvalue weighted by Gasteiger charge is 2.61. The number of carbonyl (C=O) groups excluding carboxylic acids is 2. The average molecular weight is 213 g/mol. The number of carboxylic acids is 1. The van der Waals surface area contributed by atoms with E-state index < -0.39 is 29.9 Å². The summed E-state index contributed by atoms with van der Waals surface area (Å²) in [5.74, 6) is -2.94. The summed E-state index contributed by atoms with van der Waals surface area (Å²) < 4.78 is 0. The third-order valence-electron chi connectivity index (χ3n) is 2.89. The maximum absolute atomic E-state index is 11.5. The van der Waals surface area contributed by atoms with Crippen molar-refractivity contribution in [3.63, 3.8) is 0 Å². The highest BCUT2D eigenvalue weighted by atomic mass is 16.4. The van der Waals surface area contributed by atoms with Crippen LogP contribution in [0.3, 0.4) is 0 Å². The SMILES string of the molecule is CC(O)C(C(=O)O)N1C(=O)C2CC2C1=O. The maximum Gasteiger partial charge on any atom is 0.329 e. The van der Waals surface area contributed by atoms with Crippen LogP contribution in [0.15, 0.2) is 0 Å². The highest BCUT2D eigenvalue weighted by molar-refractivity contribution is 6.11. The summed E-state index contributed by atoms with van der Waals surface area (Å²) in [7, 11) is 0. The van der Waals surface area contributed by atoms with Crippen LogP contribution in [0.2, 0.25) is 0 Å². The van der Waals surface area contributed by atoms with Crippen LogP contribution in [0.4, 0.5) is 0 Å². The van der Waals surface area contributed by atoms with Crippen LogP contribution in [0.25, 0.3) is 0 Å². The Morgan fingerprint density at radius 2 is 1.87 bits per heavy atom. The number of hydrogen-bond acceptors (Lipinski definition) is 4. The van der Waals surface area contributed by atoms with Crippen LogP contribution in [0.5, 0.6) is 0 Å². The number of imide groups is 1. The monoisotopic (exact) mass is 213 g/mol. The van der Waals surface area contributed by atoms with Gasteiger partial charge in [-0.15, -0.1) is 0 Å². The zero-order chi connectivity index (χ0) is 11.3. The lowest BCUT2D eigenvalue weighted by atomic mass is 10.1. The van der Waals surface area contributed by atoms with Crippen LogP contribution >= 0.6 is 0 Å². The molecule has 1 aliphatic carbocycles. The Bertz CT molecular complexity index is 330. The van der Waals surface area contributed by atoms with Crippen molar-refractivity contribution in [2.45, 2.75) is 25.5 Å². The van der Waals surface area contributed by atoms with Crippen molar-refractivity contribution in [1.29, 1.82) is 0 Å². The molecule has 2 fully saturated rings. The minimum atomic E-state index is -1.45. The largest absolute Gasteiger partial charge is 0.480 e. The van der Waals surface area contributed by atoms with E-state index in [9.17, 15) is 19.5 Å². The molecule has 2 amide bonds. The first kappa shape index (κ1) is 10.1. The molecule has 2 rings (SSSR count). The van der Waals surface area contributed by atoms with E-state index in [1.807, 2.05) is 0 Å². The summed E-state index contributed by atoms with van der Waals surface area (Å²) >= 11 is 0. The van der Waals surface area contributed by atoms with Crippen molar-refractivity contribution in [1.82, 2.24) is 4.90 Å². The summed E-state index contributed by atoms with van der Waals surface area (Å²) in [5, 5.41) is 18.1. The van der Waals surface area contributed by atoms with Crippen molar-refractivity contribution in [2.75, 3.05) is 0 Å². The van der Waals surface area contributed by atoms with E-state index in [0.29, 0.717) is 11.3 Å². The molecular weight excluding hydrogens is 202 g/mol. The van der Waals surface area contributed by atoms with Gasteiger partial charge in [0.1, 0.15) is 0 Å². The topological polar surface area (TPSA) is 94.9 Å². The van der Waals surface area contributed by atoms with Crippen LogP contribution < -0.4 is 0 Å². The number of carboxylic acid groups (broad SMARTS) is 1. The van der Waals surface area contributed by atoms with Crippen LogP contribution in [-0.4, -0.2) is 45.0 Å². The number of aliphatic hydroxyl groups excluding tert-OH is 1. The molecule has 15 heavy (non-hydrogen) atoms. The number of carbonyl (C=O) groups is 3. The molecule has 1 saturated heterocycles. The van der Waals surface area contributed by atoms with E-state index in [-0.39, 0.29) is 11.8 Å². The molecule has 0 aromatic carbocycles. The van der Waals surface area contributed by atoms with E-state index in [0.717, 1.165) is 0 Å². The van der Waals surface area contributed by atoms with E-state index in [1.54, 1.807) is 0 Å². The van der Waals surface area contributed by atoms with Gasteiger partial charge in [-0.05, 0) is 13.3 Å². The second-order valence-corrected chi connectivity index (χ2v) is 4.02. The molecule has 0 bridgehead atoms. The van der Waals surface area contributed by atoms with Crippen molar-refractivity contribution in [3.8, 4) is 0 Å². The second kappa shape index (κ2) is 3.03. The Hall–Kier alpha value is -1.43. The Labute approximate surface area is 85.5 Å². The first-order valence-electron chi connectivity index (χ1n) is 4.73. The number of piperidine rings is 1. The number of aliphatic carboxylic acids is 1. The molecule has 1 aliphatic heterocycles. The van der Waals surface area contributed by atoms with Crippen molar-refractivity contribution in [2.24, 2.45) is 11.8 Å². The summed E-state index contributed by atoms with van der Waals surface area (Å²) in [6.07, 6.45) is -0.728. The first-order chi connectivity index (χ1) is 6.95. The van der Waals surface area contributed by atoms with Gasteiger partial charge < -0.3 is 10.2 Å². The number of aliphatic hydroxyl groups is 1. The Balaban J connectivity index is 2.25. The standard InChI is InChI=1S/C9H11NO5/c1-3(11)6(9(14)15)10-7(12)4-2-5(4)8(10)13/h3-6,11H,2H2,1H3,(H,14,15). The van der Waals surface area contributed by atoms with E-state index in [1.165, 1.54) is 6.92 Å². The van der Waals surface area contributed by atoms with Gasteiger partial charge in [-0.1, -0.05) is 0 Å². The maximum atomic E-state index is 11.5. The van der Waals surface area contributed by atoms with Gasteiger partial charge in [0.25, 0.3) is 0 Å². The molecule has 82 valence electrons. The zero-order valence-electron chi connectivity index (χ0n) is 8.08. The lowest BCUT2D eigenvalue weighted by Crippen LogP contribution is -2.51. The first-order valence-corrected chi connectivity index (χ1v) is 4.73. The fourth-order valence-corrected chi connectivity index (χ4v) is 2.01. The third-order valence-corrected chi connectivity index (χ3v) is 2.89. The fraction of sp³-hybridized carbons (Fsp3) is 0.667. The van der Waals surface area contributed by atoms with Crippen LogP contribution in [0, 0.1) is 11.8 Å². The lowest BCUT2D eigenvalue weighted by Gasteiger charge is -2.26. The minimum Gasteiger partial charge on any atom is -0.480 e. The normalized spacial score (nSPS) is 32.5. The molecule has 1 saturated carbocycles. The van der Waals surface area contributed by atoms with E-state index >= 15 is 0 Å². The van der Waals surface area contributed by atoms with Crippen molar-refractivity contribution < 1.29 is 24.6 Å². The molecule has 4 unspecified atom stereocenters. The molecule has 1 heterocycles. The summed E-state index contributed by atoms with van der Waals surface area (Å²) in [5.41, 5.74) is 0. The van der Waals surface area contributed by atoms with Gasteiger partial charge in [-0.2, -0.15) is 0 Å². The van der Waals surface area contributed by atoms with Crippen molar-refractivity contribution >= 4 is 17.8 Å². The van der Waals surface area contributed by atoms with Crippen LogP contribution in [0.1, 0.15) is 13.3 Å². The molecule has 0 radical (unpaired) electrons. The number of likely N-dealkylation sites (tertiary alicyclic amines) is 1. The van der Waals surface area contributed by atoms with Crippen molar-refractivity contribution in [3.05, 3.63) is 0 Å². The van der Waals surface area contributed by atoms with E-state index in [4.69, 9.17) is 5.11 Å². The Kier molecular flexibility index (Phi) is 2.04. The quantitative estimate of drug-likeness (QED) is 0.576. The molecule has 4 atom stereocenters. The van der Waals surface area contributed by atoms with E-state index in [2.05, 4.69) is 0 Å². The summed E-state index contributed by atoms with van der Waals surface area (Å²) in [6.45, 7) is 1.25. The summed E-state index contributed by atoms with van der Waals surface area (Å²) in [4.78, 5) is 34.6. The number of nitrogens with zero attached hydrogens (tertiary/aromatic N) is 1. The molecule has 2 N–H and O–H groups in total. The second-order valence-electron chi connectivity index (χ2n) is 4.02. The van der Waals surface area contributed by atoms with Crippen LogP contribution in [-0.2, 0) is 14.4 Å². The molecule has 2 aliphatic rings. The minimum absolute atomic E-state index is 0.335. The molecule has 6 heteroatoms. The molecule has 0 aromatic rings. The number of amides is 2. The number of hydrogen-bond donors (Lipinski definition) is 2. The van der Waals surface area contributed by atoms with Gasteiger partial charge in [0.05, 0.1) is 17.9 Å². The molecular formula is C9H11NO5. The smallest absolute Gasteiger partial charge is 0.329 e. The zero-order valence-corrected chi connectivity index (χ0v) is 8.08. The van der Waals surface area contributed by atoms with Gasteiger partial charge in [-0.25, -0.2) is 4.79 Å². The lowest BCUT2D eigenvalue weighted by molar-refractivity contribution is -0.160. The fourth-order valence-electron chi connectivity index (χ4n) is 2.01. The molecule has 0 aromatic heterocycles. The Morgan fingerprint density at radius 3 is 2.20 bits per heavy atom. The third kappa shape index (κ3) is 1.32. The highest BCUT2D eigenvalue weighted by Crippen LogP contribution is 2.47. The summed E-state index contributed by atoms with van der Waals surface area (Å²) in [6, 6.07) is -1.45. The van der Waals surface area contributed by atoms with Gasteiger partial charge in [0.2, 0.25) is 11.8 Å². The predicted molar refractivity (Wildman–Crippen MR) is 46.6 cm³/mol. The van der Waals surface area contributed by atoms with Gasteiger partial charge in [-0.3, -0.25) is 14.5 Å². The molecule has 0 spiro atoms. The molecule has 6 nitrogen and oxygen atoms in total. The number of rotatable bonds is 3.